The van der Waals surface area contributed by atoms with Crippen LogP contribution in [0.5, 0.6) is 0 Å². The number of nitrogens with one attached hydrogen (secondary N) is 1. The molecule has 0 aliphatic carbocycles. The summed E-state index contributed by atoms with van der Waals surface area (Å²) in [5, 5.41) is 2.89. The molecule has 0 aromatic heterocycles. The van der Waals surface area contributed by atoms with Crippen LogP contribution in [0.25, 0.3) is 0 Å². The summed E-state index contributed by atoms with van der Waals surface area (Å²) in [7, 11) is 0. The minimum absolute atomic E-state index is 0.0222. The summed E-state index contributed by atoms with van der Waals surface area (Å²) < 4.78 is 0. The number of carbonyl (C=O) groups excluding carboxylic acids is 1. The van der Waals surface area contributed by atoms with Crippen LogP contribution < -0.4 is 11.1 Å². The van der Waals surface area contributed by atoms with Crippen LogP contribution in [0.2, 0.25) is 0 Å². The second-order valence-corrected chi connectivity index (χ2v) is 4.98. The van der Waals surface area contributed by atoms with Gasteiger partial charge in [-0.15, -0.1) is 0 Å². The van der Waals surface area contributed by atoms with E-state index < -0.39 is 0 Å². The van der Waals surface area contributed by atoms with Crippen molar-refractivity contribution in [3.05, 3.63) is 35.4 Å². The van der Waals surface area contributed by atoms with Gasteiger partial charge in [-0.25, -0.2) is 0 Å². The minimum atomic E-state index is -0.0222. The van der Waals surface area contributed by atoms with Gasteiger partial charge in [0.1, 0.15) is 0 Å². The molecule has 0 heterocycles. The Kier molecular flexibility index (Phi) is 5.86. The second-order valence-electron chi connectivity index (χ2n) is 4.98. The van der Waals surface area contributed by atoms with Crippen LogP contribution in [0.4, 0.5) is 0 Å². The van der Waals surface area contributed by atoms with Crippen LogP contribution in [-0.4, -0.2) is 19.0 Å². The summed E-state index contributed by atoms with van der Waals surface area (Å²) in [6.45, 7) is 7.60. The molecule has 0 bridgehead atoms. The average Bonchev–Trinajstić information content (AvgIpc) is 2.43. The van der Waals surface area contributed by atoms with Crippen molar-refractivity contribution in [2.24, 2.45) is 11.7 Å². The van der Waals surface area contributed by atoms with Crippen molar-refractivity contribution in [3.63, 3.8) is 0 Å². The fourth-order valence-corrected chi connectivity index (χ4v) is 1.65. The fraction of sp³-hybridized carbons (Fsp3) is 0.533. The number of benzene rings is 1. The van der Waals surface area contributed by atoms with Gasteiger partial charge in [0.15, 0.2) is 0 Å². The maximum absolute atomic E-state index is 11.9. The maximum atomic E-state index is 11.9. The highest BCUT2D eigenvalue weighted by Crippen LogP contribution is 2.18. The molecule has 0 fully saturated rings. The van der Waals surface area contributed by atoms with E-state index >= 15 is 0 Å². The molecule has 18 heavy (non-hydrogen) atoms. The Hall–Kier alpha value is -1.35. The SMILES string of the molecule is CCC(C)c1ccc(C(=O)NCC(C)CN)cc1. The number of hydrogen-bond acceptors (Lipinski definition) is 2. The summed E-state index contributed by atoms with van der Waals surface area (Å²) in [5.74, 6) is 0.832. The van der Waals surface area contributed by atoms with Crippen LogP contribution in [0, 0.1) is 5.92 Å². The van der Waals surface area contributed by atoms with Crippen molar-refractivity contribution in [2.45, 2.75) is 33.1 Å². The highest BCUT2D eigenvalue weighted by molar-refractivity contribution is 5.94. The van der Waals surface area contributed by atoms with Gasteiger partial charge in [0.05, 0.1) is 0 Å². The molecule has 3 N–H and O–H groups in total. The molecule has 3 nitrogen and oxygen atoms in total. The molecule has 2 atom stereocenters. The number of carbonyl (C=O) groups is 1. The van der Waals surface area contributed by atoms with Crippen LogP contribution in [0.15, 0.2) is 24.3 Å². The Bertz CT molecular complexity index is 373. The van der Waals surface area contributed by atoms with Crippen LogP contribution in [0.1, 0.15) is 49.0 Å². The van der Waals surface area contributed by atoms with Gasteiger partial charge < -0.3 is 11.1 Å². The van der Waals surface area contributed by atoms with Gasteiger partial charge >= 0.3 is 0 Å². The highest BCUT2D eigenvalue weighted by atomic mass is 16.1. The third kappa shape index (κ3) is 4.15. The molecule has 3 heteroatoms. The van der Waals surface area contributed by atoms with E-state index in [-0.39, 0.29) is 5.91 Å². The van der Waals surface area contributed by atoms with Crippen molar-refractivity contribution in [1.82, 2.24) is 5.32 Å². The summed E-state index contributed by atoms with van der Waals surface area (Å²) in [5.41, 5.74) is 7.51. The molecule has 0 saturated carbocycles. The average molecular weight is 248 g/mol. The quantitative estimate of drug-likeness (QED) is 0.812. The summed E-state index contributed by atoms with van der Waals surface area (Å²) >= 11 is 0. The lowest BCUT2D eigenvalue weighted by Crippen LogP contribution is -2.31. The molecule has 1 aromatic carbocycles. The monoisotopic (exact) mass is 248 g/mol. The van der Waals surface area contributed by atoms with E-state index in [1.165, 1.54) is 5.56 Å². The normalized spacial score (nSPS) is 14.0. The Labute approximate surface area is 110 Å². The molecule has 0 radical (unpaired) electrons. The number of rotatable bonds is 6. The largest absolute Gasteiger partial charge is 0.352 e. The fourth-order valence-electron chi connectivity index (χ4n) is 1.65. The lowest BCUT2D eigenvalue weighted by Gasteiger charge is -2.12. The minimum Gasteiger partial charge on any atom is -0.352 e. The number of amides is 1. The third-order valence-electron chi connectivity index (χ3n) is 3.37. The standard InChI is InChI=1S/C15H24N2O/c1-4-12(3)13-5-7-14(8-6-13)15(18)17-10-11(2)9-16/h5-8,11-12H,4,9-10,16H2,1-3H3,(H,17,18). The van der Waals surface area contributed by atoms with Gasteiger partial charge in [0, 0.05) is 12.1 Å². The number of hydrogen-bond donors (Lipinski definition) is 2. The van der Waals surface area contributed by atoms with E-state index in [1.54, 1.807) is 0 Å². The lowest BCUT2D eigenvalue weighted by molar-refractivity contribution is 0.0948. The van der Waals surface area contributed by atoms with Crippen molar-refractivity contribution >= 4 is 5.91 Å². The molecule has 1 amide bonds. The summed E-state index contributed by atoms with van der Waals surface area (Å²) in [4.78, 5) is 11.9. The molecule has 0 spiro atoms. The summed E-state index contributed by atoms with van der Waals surface area (Å²) in [6.07, 6.45) is 1.11. The van der Waals surface area contributed by atoms with Gasteiger partial charge in [-0.1, -0.05) is 32.9 Å². The van der Waals surface area contributed by atoms with Gasteiger partial charge in [-0.3, -0.25) is 4.79 Å². The molecular formula is C15H24N2O. The predicted molar refractivity (Wildman–Crippen MR) is 75.7 cm³/mol. The smallest absolute Gasteiger partial charge is 0.251 e. The summed E-state index contributed by atoms with van der Waals surface area (Å²) in [6, 6.07) is 7.86. The first-order chi connectivity index (χ1) is 8.58. The van der Waals surface area contributed by atoms with Crippen molar-refractivity contribution in [3.8, 4) is 0 Å². The van der Waals surface area contributed by atoms with Crippen molar-refractivity contribution in [2.75, 3.05) is 13.1 Å². The molecular weight excluding hydrogens is 224 g/mol. The third-order valence-corrected chi connectivity index (χ3v) is 3.37. The van der Waals surface area contributed by atoms with Crippen LogP contribution in [0.3, 0.4) is 0 Å². The molecule has 1 aromatic rings. The Morgan fingerprint density at radius 2 is 1.89 bits per heavy atom. The molecule has 0 aliphatic heterocycles. The van der Waals surface area contributed by atoms with Crippen LogP contribution in [-0.2, 0) is 0 Å². The van der Waals surface area contributed by atoms with E-state index in [9.17, 15) is 4.79 Å². The van der Waals surface area contributed by atoms with Gasteiger partial charge in [-0.05, 0) is 42.5 Å². The van der Waals surface area contributed by atoms with Crippen molar-refractivity contribution in [1.29, 1.82) is 0 Å². The second kappa shape index (κ2) is 7.17. The van der Waals surface area contributed by atoms with E-state index in [0.717, 1.165) is 6.42 Å². The molecule has 100 valence electrons. The van der Waals surface area contributed by atoms with E-state index in [2.05, 4.69) is 19.2 Å². The molecule has 0 aliphatic rings. The zero-order valence-electron chi connectivity index (χ0n) is 11.6. The first kappa shape index (κ1) is 14.7. The zero-order valence-corrected chi connectivity index (χ0v) is 11.6. The van der Waals surface area contributed by atoms with Crippen molar-refractivity contribution < 1.29 is 4.79 Å². The van der Waals surface area contributed by atoms with E-state index in [1.807, 2.05) is 31.2 Å². The predicted octanol–water partition coefficient (Wildman–Crippen LogP) is 2.52. The first-order valence-corrected chi connectivity index (χ1v) is 6.66. The lowest BCUT2D eigenvalue weighted by atomic mass is 9.97. The topological polar surface area (TPSA) is 55.1 Å². The highest BCUT2D eigenvalue weighted by Gasteiger charge is 2.08. The number of nitrogens with two attached hydrogens (primary N) is 1. The Morgan fingerprint density at radius 3 is 2.39 bits per heavy atom. The molecule has 2 unspecified atom stereocenters. The first-order valence-electron chi connectivity index (χ1n) is 6.66. The Balaban J connectivity index is 2.59. The van der Waals surface area contributed by atoms with Gasteiger partial charge in [0.2, 0.25) is 0 Å². The zero-order chi connectivity index (χ0) is 13.5. The van der Waals surface area contributed by atoms with Gasteiger partial charge in [-0.2, -0.15) is 0 Å². The Morgan fingerprint density at radius 1 is 1.28 bits per heavy atom. The maximum Gasteiger partial charge on any atom is 0.251 e. The molecule has 1 rings (SSSR count). The van der Waals surface area contributed by atoms with Gasteiger partial charge in [0.25, 0.3) is 5.91 Å². The van der Waals surface area contributed by atoms with E-state index in [4.69, 9.17) is 5.73 Å². The van der Waals surface area contributed by atoms with E-state index in [0.29, 0.717) is 30.5 Å². The van der Waals surface area contributed by atoms with Crippen LogP contribution >= 0.6 is 0 Å². The molecule has 0 saturated heterocycles.